The molecule has 0 atom stereocenters. The zero-order valence-corrected chi connectivity index (χ0v) is 31.4. The summed E-state index contributed by atoms with van der Waals surface area (Å²) in [5, 5.41) is 15.1. The Morgan fingerprint density at radius 2 is 0.865 bits per heavy atom. The molecule has 0 saturated carbocycles. The molecule has 0 spiro atoms. The van der Waals surface area contributed by atoms with Gasteiger partial charge >= 0.3 is 0 Å². The summed E-state index contributed by atoms with van der Waals surface area (Å²) in [6, 6.07) is 32.3. The topological polar surface area (TPSA) is 125 Å². The second kappa shape index (κ2) is 22.3. The van der Waals surface area contributed by atoms with Crippen molar-refractivity contribution in [2.45, 2.75) is 91.5 Å². The molecular formula is C44H60N6O2. The molecule has 6 N–H and O–H groups in total. The number of amidine groups is 2. The largest absolute Gasteiger partial charge is 0.489 e. The van der Waals surface area contributed by atoms with Crippen LogP contribution >= 0.6 is 0 Å². The van der Waals surface area contributed by atoms with E-state index in [2.05, 4.69) is 72.2 Å². The van der Waals surface area contributed by atoms with Crippen LogP contribution in [0, 0.1) is 10.8 Å². The van der Waals surface area contributed by atoms with Crippen molar-refractivity contribution in [1.82, 2.24) is 9.80 Å². The van der Waals surface area contributed by atoms with Gasteiger partial charge < -0.3 is 20.9 Å². The molecule has 0 amide bonds. The molecular weight excluding hydrogens is 645 g/mol. The van der Waals surface area contributed by atoms with Crippen LogP contribution in [0.3, 0.4) is 0 Å². The highest BCUT2D eigenvalue weighted by atomic mass is 16.5. The first-order valence-electron chi connectivity index (χ1n) is 19.1. The van der Waals surface area contributed by atoms with Gasteiger partial charge in [0.15, 0.2) is 0 Å². The number of nitrogens with zero attached hydrogens (tertiary/aromatic N) is 2. The lowest BCUT2D eigenvalue weighted by atomic mass is 10.1. The minimum absolute atomic E-state index is 0.0642. The predicted octanol–water partition coefficient (Wildman–Crippen LogP) is 8.88. The van der Waals surface area contributed by atoms with Gasteiger partial charge in [-0.15, -0.1) is 0 Å². The van der Waals surface area contributed by atoms with Crippen molar-refractivity contribution in [3.05, 3.63) is 130 Å². The van der Waals surface area contributed by atoms with Gasteiger partial charge in [0, 0.05) is 24.2 Å². The Balaban J connectivity index is 1.20. The monoisotopic (exact) mass is 704 g/mol. The number of hydrogen-bond donors (Lipinski definition) is 4. The molecule has 0 heterocycles. The van der Waals surface area contributed by atoms with E-state index >= 15 is 0 Å². The highest BCUT2D eigenvalue weighted by Gasteiger charge is 2.10. The third-order valence-electron chi connectivity index (χ3n) is 9.29. The third kappa shape index (κ3) is 14.5. The summed E-state index contributed by atoms with van der Waals surface area (Å²) in [4.78, 5) is 5.24. The van der Waals surface area contributed by atoms with E-state index in [0.29, 0.717) is 24.3 Å². The number of benzene rings is 4. The molecule has 8 heteroatoms. The molecule has 0 aromatic heterocycles. The first-order chi connectivity index (χ1) is 25.3. The first-order valence-corrected chi connectivity index (χ1v) is 19.1. The number of nitrogen functional groups attached to an aromatic ring is 2. The van der Waals surface area contributed by atoms with E-state index in [1.165, 1.54) is 62.5 Å². The number of rotatable bonds is 25. The Bertz CT molecular complexity index is 1520. The van der Waals surface area contributed by atoms with Crippen molar-refractivity contribution in [3.63, 3.8) is 0 Å². The molecule has 278 valence electrons. The van der Waals surface area contributed by atoms with Gasteiger partial charge in [-0.2, -0.15) is 0 Å². The van der Waals surface area contributed by atoms with Gasteiger partial charge in [-0.25, -0.2) is 0 Å². The fourth-order valence-corrected chi connectivity index (χ4v) is 6.27. The highest BCUT2D eigenvalue weighted by Crippen LogP contribution is 2.18. The van der Waals surface area contributed by atoms with Gasteiger partial charge in [-0.1, -0.05) is 88.1 Å². The van der Waals surface area contributed by atoms with Crippen molar-refractivity contribution in [1.29, 1.82) is 10.8 Å². The Hall–Kier alpha value is -4.66. The Morgan fingerprint density at radius 1 is 0.500 bits per heavy atom. The highest BCUT2D eigenvalue weighted by molar-refractivity contribution is 5.95. The van der Waals surface area contributed by atoms with E-state index in [9.17, 15) is 0 Å². The summed E-state index contributed by atoms with van der Waals surface area (Å²) in [7, 11) is 0. The molecule has 0 aliphatic heterocycles. The van der Waals surface area contributed by atoms with E-state index in [4.69, 9.17) is 31.8 Å². The molecule has 0 aliphatic carbocycles. The van der Waals surface area contributed by atoms with E-state index in [0.717, 1.165) is 61.9 Å². The zero-order valence-electron chi connectivity index (χ0n) is 31.4. The zero-order chi connectivity index (χ0) is 37.0. The molecule has 0 unspecified atom stereocenters. The maximum atomic E-state index is 7.57. The molecule has 4 aromatic carbocycles. The summed E-state index contributed by atoms with van der Waals surface area (Å²) in [6.07, 6.45) is 9.77. The lowest BCUT2D eigenvalue weighted by molar-refractivity contribution is 0.244. The van der Waals surface area contributed by atoms with Crippen molar-refractivity contribution < 1.29 is 9.47 Å². The summed E-state index contributed by atoms with van der Waals surface area (Å²) in [5.41, 5.74) is 17.5. The molecule has 4 aromatic rings. The van der Waals surface area contributed by atoms with Gasteiger partial charge in [0.05, 0.1) is 0 Å². The number of ether oxygens (including phenoxy) is 2. The molecule has 52 heavy (non-hydrogen) atoms. The number of nitrogens with one attached hydrogen (secondary N) is 2. The molecule has 0 saturated heterocycles. The smallest absolute Gasteiger partial charge is 0.122 e. The van der Waals surface area contributed by atoms with E-state index in [1.807, 2.05) is 48.5 Å². The average molecular weight is 705 g/mol. The van der Waals surface area contributed by atoms with Crippen LogP contribution in [0.1, 0.15) is 98.6 Å². The molecule has 8 nitrogen and oxygen atoms in total. The van der Waals surface area contributed by atoms with Gasteiger partial charge in [0.25, 0.3) is 0 Å². The van der Waals surface area contributed by atoms with Crippen molar-refractivity contribution >= 4 is 11.7 Å². The van der Waals surface area contributed by atoms with E-state index in [1.54, 1.807) is 0 Å². The second-order valence-electron chi connectivity index (χ2n) is 13.8. The maximum absolute atomic E-state index is 7.57. The molecule has 0 fully saturated rings. The molecule has 4 rings (SSSR count). The molecule has 0 aliphatic rings. The van der Waals surface area contributed by atoms with Gasteiger partial charge in [0.2, 0.25) is 0 Å². The predicted molar refractivity (Wildman–Crippen MR) is 215 cm³/mol. The van der Waals surface area contributed by atoms with Crippen LogP contribution in [0.25, 0.3) is 0 Å². The summed E-state index contributed by atoms with van der Waals surface area (Å²) < 4.78 is 12.0. The Labute approximate surface area is 312 Å². The van der Waals surface area contributed by atoms with Crippen LogP contribution in [0.5, 0.6) is 11.5 Å². The summed E-state index contributed by atoms with van der Waals surface area (Å²) in [6.45, 7) is 12.0. The second-order valence-corrected chi connectivity index (χ2v) is 13.8. The van der Waals surface area contributed by atoms with E-state index in [-0.39, 0.29) is 11.7 Å². The van der Waals surface area contributed by atoms with Gasteiger partial charge in [-0.3, -0.25) is 20.6 Å². The van der Waals surface area contributed by atoms with Gasteiger partial charge in [-0.05, 0) is 123 Å². The number of hydrogen-bond acceptors (Lipinski definition) is 6. The Morgan fingerprint density at radius 3 is 1.23 bits per heavy atom. The first kappa shape index (κ1) is 40.1. The summed E-state index contributed by atoms with van der Waals surface area (Å²) >= 11 is 0. The van der Waals surface area contributed by atoms with Crippen LogP contribution < -0.4 is 20.9 Å². The quantitative estimate of drug-likeness (QED) is 0.0310. The van der Waals surface area contributed by atoms with Crippen molar-refractivity contribution in [2.75, 3.05) is 26.2 Å². The third-order valence-corrected chi connectivity index (χ3v) is 9.29. The van der Waals surface area contributed by atoms with Crippen LogP contribution in [0.2, 0.25) is 0 Å². The fraction of sp³-hybridized carbons (Fsp3) is 0.409. The van der Waals surface area contributed by atoms with Crippen LogP contribution in [-0.2, 0) is 26.3 Å². The fourth-order valence-electron chi connectivity index (χ4n) is 6.27. The van der Waals surface area contributed by atoms with Crippen LogP contribution in [0.15, 0.2) is 97.1 Å². The van der Waals surface area contributed by atoms with Crippen LogP contribution in [-0.4, -0.2) is 47.7 Å². The number of unbranched alkanes of at least 4 members (excludes halogenated alkanes) is 5. The van der Waals surface area contributed by atoms with Gasteiger partial charge in [0.1, 0.15) is 36.4 Å². The Kier molecular flexibility index (Phi) is 17.2. The molecule has 0 bridgehead atoms. The van der Waals surface area contributed by atoms with Crippen molar-refractivity contribution in [2.24, 2.45) is 11.5 Å². The molecule has 0 radical (unpaired) electrons. The van der Waals surface area contributed by atoms with E-state index < -0.39 is 0 Å². The number of nitrogens with two attached hydrogens (primary N) is 2. The minimum Gasteiger partial charge on any atom is -0.489 e. The summed E-state index contributed by atoms with van der Waals surface area (Å²) in [5.74, 6) is 1.68. The van der Waals surface area contributed by atoms with Crippen LogP contribution in [0.4, 0.5) is 0 Å². The normalized spacial score (nSPS) is 11.2. The average Bonchev–Trinajstić information content (AvgIpc) is 3.16. The lowest BCUT2D eigenvalue weighted by Gasteiger charge is -2.24. The minimum atomic E-state index is 0.0642. The SMILES string of the molecule is CCCCN(CCCCCCN(CCCC)Cc1cccc(COc2ccc(C(=N)N)cc2)c1)Cc1cccc(COc2ccc(C(=N)N)cc2)c1. The maximum Gasteiger partial charge on any atom is 0.122 e. The standard InChI is InChI=1S/C44H60N6O2/c1-3-5-25-49(31-35-13-11-15-37(29-35)33-51-41-21-17-39(18-22-41)43(45)46)27-9-7-8-10-28-50(26-6-4-2)32-36-14-12-16-38(30-36)34-52-42-23-19-40(20-24-42)44(47)48/h11-24,29-30H,3-10,25-28,31-34H2,1-2H3,(H3,45,46)(H3,47,48). The lowest BCUT2D eigenvalue weighted by Crippen LogP contribution is -2.26. The van der Waals surface area contributed by atoms with Crippen molar-refractivity contribution in [3.8, 4) is 11.5 Å².